The lowest BCUT2D eigenvalue weighted by molar-refractivity contribution is 0.205. The molecule has 0 aliphatic carbocycles. The largest absolute Gasteiger partial charge is 0.496 e. The van der Waals surface area contributed by atoms with E-state index in [9.17, 15) is 4.79 Å². The molecule has 128 valence electrons. The van der Waals surface area contributed by atoms with Crippen LogP contribution in [0, 0.1) is 0 Å². The molecule has 1 aromatic carbocycles. The van der Waals surface area contributed by atoms with Gasteiger partial charge in [-0.15, -0.1) is 0 Å². The first-order valence-corrected chi connectivity index (χ1v) is 7.55. The van der Waals surface area contributed by atoms with Gasteiger partial charge >= 0.3 is 6.03 Å². The molecule has 0 saturated heterocycles. The standard InChI is InChI=1S/C17H22N4O3/c1-11(2)10-21(4)17(22)18-12(3)16-19-15(20-24-16)13-8-6-7-9-14(13)23-5/h6-9,12H,1,10H2,2-5H3,(H,18,22)/t12-/m0/s1. The molecule has 1 N–H and O–H groups in total. The molecule has 0 aliphatic rings. The molecule has 0 spiro atoms. The number of nitrogens with one attached hydrogen (secondary N) is 1. The zero-order valence-electron chi connectivity index (χ0n) is 14.4. The molecular formula is C17H22N4O3. The van der Waals surface area contributed by atoms with Crippen molar-refractivity contribution in [2.45, 2.75) is 19.9 Å². The van der Waals surface area contributed by atoms with Gasteiger partial charge in [0.25, 0.3) is 0 Å². The molecule has 0 fully saturated rings. The van der Waals surface area contributed by atoms with Crippen LogP contribution in [0.25, 0.3) is 11.4 Å². The van der Waals surface area contributed by atoms with Gasteiger partial charge in [0.15, 0.2) is 0 Å². The summed E-state index contributed by atoms with van der Waals surface area (Å²) in [5.41, 5.74) is 1.63. The van der Waals surface area contributed by atoms with Crippen LogP contribution in [0.1, 0.15) is 25.8 Å². The van der Waals surface area contributed by atoms with Gasteiger partial charge in [-0.05, 0) is 26.0 Å². The van der Waals surface area contributed by atoms with E-state index in [1.54, 1.807) is 21.1 Å². The molecular weight excluding hydrogens is 308 g/mol. The fourth-order valence-electron chi connectivity index (χ4n) is 2.18. The Hall–Kier alpha value is -2.83. The summed E-state index contributed by atoms with van der Waals surface area (Å²) in [6.45, 7) is 7.92. The summed E-state index contributed by atoms with van der Waals surface area (Å²) in [6.07, 6.45) is 0. The van der Waals surface area contributed by atoms with Crippen LogP contribution in [0.4, 0.5) is 4.79 Å². The number of carbonyl (C=O) groups is 1. The Morgan fingerprint density at radius 2 is 2.17 bits per heavy atom. The molecule has 1 heterocycles. The number of aromatic nitrogens is 2. The molecule has 2 aromatic rings. The number of hydrogen-bond donors (Lipinski definition) is 1. The van der Waals surface area contributed by atoms with Crippen LogP contribution in [-0.2, 0) is 0 Å². The van der Waals surface area contributed by atoms with Crippen LogP contribution in [-0.4, -0.2) is 41.8 Å². The lowest BCUT2D eigenvalue weighted by Gasteiger charge is -2.19. The molecule has 7 nitrogen and oxygen atoms in total. The van der Waals surface area contributed by atoms with Crippen LogP contribution in [0.5, 0.6) is 5.75 Å². The van der Waals surface area contributed by atoms with Gasteiger partial charge in [-0.3, -0.25) is 0 Å². The van der Waals surface area contributed by atoms with E-state index >= 15 is 0 Å². The van der Waals surface area contributed by atoms with Gasteiger partial charge < -0.3 is 19.5 Å². The molecule has 7 heteroatoms. The number of methoxy groups -OCH3 is 1. The maximum absolute atomic E-state index is 12.1. The summed E-state index contributed by atoms with van der Waals surface area (Å²) in [6, 6.07) is 6.75. The highest BCUT2D eigenvalue weighted by Gasteiger charge is 2.20. The van der Waals surface area contributed by atoms with E-state index in [1.807, 2.05) is 31.2 Å². The van der Waals surface area contributed by atoms with E-state index < -0.39 is 6.04 Å². The van der Waals surface area contributed by atoms with Crippen molar-refractivity contribution >= 4 is 6.03 Å². The Balaban J connectivity index is 2.10. The van der Waals surface area contributed by atoms with Crippen molar-refractivity contribution in [1.82, 2.24) is 20.4 Å². The predicted molar refractivity (Wildman–Crippen MR) is 90.7 cm³/mol. The fraction of sp³-hybridized carbons (Fsp3) is 0.353. The van der Waals surface area contributed by atoms with Crippen molar-refractivity contribution in [3.8, 4) is 17.1 Å². The molecule has 2 rings (SSSR count). The smallest absolute Gasteiger partial charge is 0.318 e. The van der Waals surface area contributed by atoms with E-state index in [0.29, 0.717) is 24.0 Å². The molecule has 2 amide bonds. The molecule has 0 radical (unpaired) electrons. The Labute approximate surface area is 141 Å². The van der Waals surface area contributed by atoms with Gasteiger partial charge in [-0.25, -0.2) is 4.79 Å². The van der Waals surface area contributed by atoms with Gasteiger partial charge in [0.2, 0.25) is 11.7 Å². The van der Waals surface area contributed by atoms with Crippen LogP contribution < -0.4 is 10.1 Å². The van der Waals surface area contributed by atoms with E-state index in [-0.39, 0.29) is 6.03 Å². The lowest BCUT2D eigenvalue weighted by atomic mass is 10.2. The van der Waals surface area contributed by atoms with E-state index in [1.165, 1.54) is 4.90 Å². The minimum atomic E-state index is -0.416. The second kappa shape index (κ2) is 7.63. The van der Waals surface area contributed by atoms with Crippen molar-refractivity contribution in [2.75, 3.05) is 20.7 Å². The Bertz CT molecular complexity index is 726. The number of para-hydroxylation sites is 1. The first-order chi connectivity index (χ1) is 11.4. The summed E-state index contributed by atoms with van der Waals surface area (Å²) in [7, 11) is 3.28. The maximum atomic E-state index is 12.1. The number of carbonyl (C=O) groups excluding carboxylic acids is 1. The summed E-state index contributed by atoms with van der Waals surface area (Å²) in [5.74, 6) is 1.40. The van der Waals surface area contributed by atoms with E-state index in [0.717, 1.165) is 11.1 Å². The number of rotatable bonds is 6. The minimum absolute atomic E-state index is 0.234. The molecule has 24 heavy (non-hydrogen) atoms. The van der Waals surface area contributed by atoms with Crippen molar-refractivity contribution in [3.05, 3.63) is 42.3 Å². The molecule has 0 saturated carbocycles. The summed E-state index contributed by atoms with van der Waals surface area (Å²) < 4.78 is 10.6. The number of nitrogens with zero attached hydrogens (tertiary/aromatic N) is 3. The number of benzene rings is 1. The van der Waals surface area contributed by atoms with Crippen LogP contribution >= 0.6 is 0 Å². The summed E-state index contributed by atoms with van der Waals surface area (Å²) in [4.78, 5) is 18.0. The number of likely N-dealkylation sites (N-methyl/N-ethyl adjacent to an activating group) is 1. The first kappa shape index (κ1) is 17.5. The normalized spacial score (nSPS) is 11.7. The zero-order valence-corrected chi connectivity index (χ0v) is 14.4. The van der Waals surface area contributed by atoms with Crippen molar-refractivity contribution in [3.63, 3.8) is 0 Å². The summed E-state index contributed by atoms with van der Waals surface area (Å²) in [5, 5.41) is 6.78. The van der Waals surface area contributed by atoms with Gasteiger partial charge in [-0.2, -0.15) is 4.98 Å². The van der Waals surface area contributed by atoms with Gasteiger partial charge in [0.1, 0.15) is 11.8 Å². The highest BCUT2D eigenvalue weighted by molar-refractivity contribution is 5.74. The average Bonchev–Trinajstić information content (AvgIpc) is 3.04. The highest BCUT2D eigenvalue weighted by atomic mass is 16.5. The fourth-order valence-corrected chi connectivity index (χ4v) is 2.18. The van der Waals surface area contributed by atoms with Crippen LogP contribution in [0.2, 0.25) is 0 Å². The lowest BCUT2D eigenvalue weighted by Crippen LogP contribution is -2.39. The van der Waals surface area contributed by atoms with Crippen molar-refractivity contribution in [1.29, 1.82) is 0 Å². The third-order valence-electron chi connectivity index (χ3n) is 3.35. The quantitative estimate of drug-likeness (QED) is 0.824. The number of urea groups is 1. The topological polar surface area (TPSA) is 80.5 Å². The Morgan fingerprint density at radius 1 is 1.46 bits per heavy atom. The van der Waals surface area contributed by atoms with Gasteiger partial charge in [-0.1, -0.05) is 29.4 Å². The molecule has 1 aromatic heterocycles. The van der Waals surface area contributed by atoms with Crippen molar-refractivity contribution < 1.29 is 14.1 Å². The number of ether oxygens (including phenoxy) is 1. The maximum Gasteiger partial charge on any atom is 0.318 e. The molecule has 0 unspecified atom stereocenters. The third kappa shape index (κ3) is 4.13. The predicted octanol–water partition coefficient (Wildman–Crippen LogP) is 3.02. The van der Waals surface area contributed by atoms with Crippen LogP contribution in [0.3, 0.4) is 0 Å². The zero-order chi connectivity index (χ0) is 17.7. The van der Waals surface area contributed by atoms with Crippen molar-refractivity contribution in [2.24, 2.45) is 0 Å². The number of amides is 2. The molecule has 0 aliphatic heterocycles. The third-order valence-corrected chi connectivity index (χ3v) is 3.35. The minimum Gasteiger partial charge on any atom is -0.496 e. The highest BCUT2D eigenvalue weighted by Crippen LogP contribution is 2.27. The van der Waals surface area contributed by atoms with Gasteiger partial charge in [0, 0.05) is 13.6 Å². The Kier molecular flexibility index (Phi) is 5.57. The molecule has 1 atom stereocenters. The second-order valence-corrected chi connectivity index (χ2v) is 5.64. The second-order valence-electron chi connectivity index (χ2n) is 5.64. The summed E-state index contributed by atoms with van der Waals surface area (Å²) >= 11 is 0. The monoisotopic (exact) mass is 330 g/mol. The number of hydrogen-bond acceptors (Lipinski definition) is 5. The van der Waals surface area contributed by atoms with Gasteiger partial charge in [0.05, 0.1) is 12.7 Å². The van der Waals surface area contributed by atoms with E-state index in [4.69, 9.17) is 9.26 Å². The molecule has 0 bridgehead atoms. The van der Waals surface area contributed by atoms with Crippen LogP contribution in [0.15, 0.2) is 40.9 Å². The van der Waals surface area contributed by atoms with E-state index in [2.05, 4.69) is 22.0 Å². The SMILES string of the molecule is C=C(C)CN(C)C(=O)N[C@@H](C)c1nc(-c2ccccc2OC)no1. The average molecular weight is 330 g/mol. The Morgan fingerprint density at radius 3 is 2.83 bits per heavy atom. The first-order valence-electron chi connectivity index (χ1n) is 7.55.